The predicted octanol–water partition coefficient (Wildman–Crippen LogP) is 4.92. The normalized spacial score (nSPS) is 19.6. The van der Waals surface area contributed by atoms with Gasteiger partial charge in [-0.05, 0) is 42.2 Å². The van der Waals surface area contributed by atoms with Crippen molar-refractivity contribution in [3.8, 4) is 11.1 Å². The average molecular weight is 454 g/mol. The number of pyridine rings is 1. The molecule has 1 aromatic carbocycles. The van der Waals surface area contributed by atoms with Gasteiger partial charge >= 0.3 is 0 Å². The van der Waals surface area contributed by atoms with Crippen LogP contribution in [-0.4, -0.2) is 51.0 Å². The summed E-state index contributed by atoms with van der Waals surface area (Å²) in [6, 6.07) is 8.14. The number of nitrogens with one attached hydrogen (secondary N) is 2. The van der Waals surface area contributed by atoms with Crippen molar-refractivity contribution in [3.63, 3.8) is 0 Å². The van der Waals surface area contributed by atoms with Gasteiger partial charge in [-0.2, -0.15) is 5.10 Å². The highest BCUT2D eigenvalue weighted by atomic mass is 19.3. The van der Waals surface area contributed by atoms with Gasteiger partial charge in [0.05, 0.1) is 5.52 Å². The number of halogens is 2. The molecule has 0 spiro atoms. The van der Waals surface area contributed by atoms with Crippen LogP contribution in [-0.2, 0) is 6.54 Å². The van der Waals surface area contributed by atoms with Gasteiger partial charge < -0.3 is 5.32 Å². The number of piperidine rings is 1. The predicted molar refractivity (Wildman–Crippen MR) is 123 cm³/mol. The van der Waals surface area contributed by atoms with Crippen molar-refractivity contribution in [2.24, 2.45) is 0 Å². The largest absolute Gasteiger partial charge is 0.348 e. The van der Waals surface area contributed by atoms with Crippen LogP contribution in [0.1, 0.15) is 61.0 Å². The fourth-order valence-electron chi connectivity index (χ4n) is 4.90. The Morgan fingerprint density at radius 3 is 2.67 bits per heavy atom. The first-order chi connectivity index (χ1) is 16.0. The molecule has 0 radical (unpaired) electrons. The maximum Gasteiger partial charge on any atom is 0.272 e. The molecule has 1 aliphatic heterocycles. The van der Waals surface area contributed by atoms with E-state index in [4.69, 9.17) is 0 Å². The van der Waals surface area contributed by atoms with Crippen LogP contribution in [0.25, 0.3) is 22.0 Å². The fourth-order valence-corrected chi connectivity index (χ4v) is 4.90. The number of aromatic nitrogens is 3. The molecule has 0 bridgehead atoms. The molecule has 1 saturated carbocycles. The Bertz CT molecular complexity index is 1130. The molecule has 2 fully saturated rings. The van der Waals surface area contributed by atoms with Crippen LogP contribution in [0.4, 0.5) is 8.78 Å². The van der Waals surface area contributed by atoms with Crippen molar-refractivity contribution in [1.29, 1.82) is 0 Å². The zero-order valence-electron chi connectivity index (χ0n) is 18.6. The fraction of sp³-hybridized carbons (Fsp3) is 0.480. The van der Waals surface area contributed by atoms with Crippen molar-refractivity contribution in [1.82, 2.24) is 25.4 Å². The van der Waals surface area contributed by atoms with Gasteiger partial charge in [0.1, 0.15) is 0 Å². The first-order valence-corrected chi connectivity index (χ1v) is 11.8. The Morgan fingerprint density at radius 2 is 1.88 bits per heavy atom. The molecule has 3 heterocycles. The molecule has 2 aliphatic rings. The van der Waals surface area contributed by atoms with Crippen LogP contribution in [0.5, 0.6) is 0 Å². The zero-order valence-corrected chi connectivity index (χ0v) is 18.6. The summed E-state index contributed by atoms with van der Waals surface area (Å²) in [6.07, 6.45) is 8.97. The topological polar surface area (TPSA) is 73.9 Å². The summed E-state index contributed by atoms with van der Waals surface area (Å²) in [5.41, 5.74) is 4.08. The molecule has 0 unspecified atom stereocenters. The molecular formula is C25H29F2N5O. The molecule has 174 valence electrons. The van der Waals surface area contributed by atoms with E-state index >= 15 is 0 Å². The number of benzene rings is 1. The lowest BCUT2D eigenvalue weighted by molar-refractivity contribution is -0.0566. The molecule has 33 heavy (non-hydrogen) atoms. The third-order valence-electron chi connectivity index (χ3n) is 6.84. The Hall–Kier alpha value is -2.87. The van der Waals surface area contributed by atoms with Crippen molar-refractivity contribution < 1.29 is 13.6 Å². The highest BCUT2D eigenvalue weighted by molar-refractivity contribution is 6.05. The van der Waals surface area contributed by atoms with E-state index in [2.05, 4.69) is 20.5 Å². The second-order valence-corrected chi connectivity index (χ2v) is 9.35. The number of carbonyl (C=O) groups is 1. The van der Waals surface area contributed by atoms with Crippen LogP contribution < -0.4 is 5.32 Å². The first kappa shape index (κ1) is 21.9. The number of H-pyrrole nitrogens is 1. The van der Waals surface area contributed by atoms with Gasteiger partial charge in [-0.1, -0.05) is 25.3 Å². The van der Waals surface area contributed by atoms with Crippen LogP contribution in [0, 0.1) is 0 Å². The number of amides is 1. The van der Waals surface area contributed by atoms with E-state index in [0.29, 0.717) is 25.3 Å². The van der Waals surface area contributed by atoms with Crippen molar-refractivity contribution in [2.45, 2.75) is 63.5 Å². The second-order valence-electron chi connectivity index (χ2n) is 9.35. The number of fused-ring (bicyclic) bond motifs is 1. The standard InChI is InChI=1S/C25H29F2N5O/c26-25(27)8-10-32(11-9-25)16-17-12-19(15-28-14-17)18-6-7-22-21(13-18)23(31-30-22)24(33)29-20-4-2-1-3-5-20/h6-7,12-15,20H,1-5,8-11,16H2,(H,29,33)(H,30,31). The highest BCUT2D eigenvalue weighted by Gasteiger charge is 2.33. The zero-order chi connectivity index (χ0) is 22.8. The Kier molecular flexibility index (Phi) is 6.10. The number of carbonyl (C=O) groups excluding carboxylic acids is 1. The minimum absolute atomic E-state index is 0.0943. The summed E-state index contributed by atoms with van der Waals surface area (Å²) < 4.78 is 26.9. The molecule has 3 aromatic rings. The van der Waals surface area contributed by atoms with Crippen LogP contribution in [0.15, 0.2) is 36.7 Å². The molecule has 1 aliphatic carbocycles. The lowest BCUT2D eigenvalue weighted by Gasteiger charge is -2.31. The van der Waals surface area contributed by atoms with E-state index < -0.39 is 5.92 Å². The lowest BCUT2D eigenvalue weighted by Crippen LogP contribution is -2.38. The van der Waals surface area contributed by atoms with Crippen LogP contribution >= 0.6 is 0 Å². The van der Waals surface area contributed by atoms with E-state index in [0.717, 1.165) is 53.3 Å². The molecule has 1 saturated heterocycles. The molecule has 6 nitrogen and oxygen atoms in total. The van der Waals surface area contributed by atoms with E-state index in [9.17, 15) is 13.6 Å². The Labute approximate surface area is 191 Å². The molecule has 2 aromatic heterocycles. The summed E-state index contributed by atoms with van der Waals surface area (Å²) in [5.74, 6) is -2.68. The van der Waals surface area contributed by atoms with Crippen molar-refractivity contribution in [2.75, 3.05) is 13.1 Å². The van der Waals surface area contributed by atoms with Gasteiger partial charge in [0.25, 0.3) is 11.8 Å². The van der Waals surface area contributed by atoms with E-state index in [1.807, 2.05) is 29.2 Å². The minimum atomic E-state index is -2.54. The molecule has 1 amide bonds. The summed E-state index contributed by atoms with van der Waals surface area (Å²) in [6.45, 7) is 1.37. The molecule has 2 N–H and O–H groups in total. The monoisotopic (exact) mass is 453 g/mol. The van der Waals surface area contributed by atoms with E-state index in [-0.39, 0.29) is 24.8 Å². The quantitative estimate of drug-likeness (QED) is 0.575. The van der Waals surface area contributed by atoms with E-state index in [1.165, 1.54) is 6.42 Å². The molecule has 8 heteroatoms. The average Bonchev–Trinajstić information content (AvgIpc) is 3.25. The van der Waals surface area contributed by atoms with Crippen LogP contribution in [0.2, 0.25) is 0 Å². The Balaban J connectivity index is 1.34. The number of likely N-dealkylation sites (tertiary alicyclic amines) is 1. The first-order valence-electron chi connectivity index (χ1n) is 11.8. The number of alkyl halides is 2. The number of rotatable bonds is 5. The number of hydrogen-bond donors (Lipinski definition) is 2. The second kappa shape index (κ2) is 9.17. The molecular weight excluding hydrogens is 424 g/mol. The van der Waals surface area contributed by atoms with Gasteiger partial charge in [0.2, 0.25) is 0 Å². The third-order valence-corrected chi connectivity index (χ3v) is 6.84. The third kappa shape index (κ3) is 5.05. The van der Waals surface area contributed by atoms with Gasteiger partial charge in [-0.3, -0.25) is 19.8 Å². The van der Waals surface area contributed by atoms with Gasteiger partial charge in [-0.25, -0.2) is 8.78 Å². The smallest absolute Gasteiger partial charge is 0.272 e. The summed E-state index contributed by atoms with van der Waals surface area (Å²) >= 11 is 0. The Morgan fingerprint density at radius 1 is 1.09 bits per heavy atom. The molecule has 5 rings (SSSR count). The molecule has 0 atom stereocenters. The summed E-state index contributed by atoms with van der Waals surface area (Å²) in [5, 5.41) is 11.2. The number of aromatic amines is 1. The van der Waals surface area contributed by atoms with Gasteiger partial charge in [-0.15, -0.1) is 0 Å². The van der Waals surface area contributed by atoms with E-state index in [1.54, 1.807) is 12.4 Å². The summed E-state index contributed by atoms with van der Waals surface area (Å²) in [7, 11) is 0. The van der Waals surface area contributed by atoms with Gasteiger partial charge in [0, 0.05) is 61.9 Å². The van der Waals surface area contributed by atoms with Crippen molar-refractivity contribution >= 4 is 16.8 Å². The number of nitrogens with zero attached hydrogens (tertiary/aromatic N) is 3. The summed E-state index contributed by atoms with van der Waals surface area (Å²) in [4.78, 5) is 19.3. The maximum absolute atomic E-state index is 13.4. The highest BCUT2D eigenvalue weighted by Crippen LogP contribution is 2.30. The van der Waals surface area contributed by atoms with Crippen molar-refractivity contribution in [3.05, 3.63) is 47.9 Å². The SMILES string of the molecule is O=C(NC1CCCCC1)c1n[nH]c2ccc(-c3cncc(CN4CCC(F)(F)CC4)c3)cc12. The van der Waals surface area contributed by atoms with Gasteiger partial charge in [0.15, 0.2) is 5.69 Å². The lowest BCUT2D eigenvalue weighted by atomic mass is 9.95. The van der Waals surface area contributed by atoms with Crippen LogP contribution in [0.3, 0.4) is 0 Å². The number of hydrogen-bond acceptors (Lipinski definition) is 4. The maximum atomic E-state index is 13.4. The minimum Gasteiger partial charge on any atom is -0.348 e.